The largest absolute Gasteiger partial charge is 0.479 e. The Morgan fingerprint density at radius 1 is 1.41 bits per heavy atom. The number of hydrogen-bond donors (Lipinski definition) is 2. The summed E-state index contributed by atoms with van der Waals surface area (Å²) < 4.78 is 10.4. The van der Waals surface area contributed by atoms with Crippen molar-refractivity contribution in [2.24, 2.45) is 0 Å². The Labute approximate surface area is 131 Å². The van der Waals surface area contributed by atoms with E-state index in [1.807, 2.05) is 45.9 Å². The summed E-state index contributed by atoms with van der Waals surface area (Å²) in [4.78, 5) is 11.6. The van der Waals surface area contributed by atoms with Crippen LogP contribution in [0.5, 0.6) is 5.75 Å². The van der Waals surface area contributed by atoms with Crippen LogP contribution >= 0.6 is 0 Å². The second-order valence-corrected chi connectivity index (χ2v) is 5.90. The fourth-order valence-corrected chi connectivity index (χ4v) is 1.68. The number of anilines is 1. The van der Waals surface area contributed by atoms with E-state index in [1.165, 1.54) is 0 Å². The predicted octanol–water partition coefficient (Wildman–Crippen LogP) is 2.91. The molecule has 1 unspecified atom stereocenters. The Hall–Kier alpha value is -2.42. The van der Waals surface area contributed by atoms with Crippen LogP contribution in [-0.4, -0.2) is 30.9 Å². The second-order valence-electron chi connectivity index (χ2n) is 5.90. The Balaban J connectivity index is 2.43. The van der Waals surface area contributed by atoms with Gasteiger partial charge in [0.15, 0.2) is 6.61 Å². The summed E-state index contributed by atoms with van der Waals surface area (Å²) >= 11 is 0. The maximum absolute atomic E-state index is 11.6. The van der Waals surface area contributed by atoms with Crippen LogP contribution in [0.25, 0.3) is 0 Å². The van der Waals surface area contributed by atoms with E-state index in [0.29, 0.717) is 12.3 Å². The van der Waals surface area contributed by atoms with Crippen LogP contribution in [0.1, 0.15) is 27.7 Å². The molecule has 0 fully saturated rings. The molecule has 0 aliphatic rings. The number of alkyl carbamates (subject to hydrolysis) is 1. The lowest BCUT2D eigenvalue weighted by molar-refractivity contribution is 0.0526. The molecule has 1 amide bonds. The average Bonchev–Trinajstić information content (AvgIpc) is 2.41. The number of ether oxygens (including phenoxy) is 2. The Morgan fingerprint density at radius 3 is 2.77 bits per heavy atom. The van der Waals surface area contributed by atoms with Gasteiger partial charge in [-0.2, -0.15) is 5.26 Å². The van der Waals surface area contributed by atoms with Gasteiger partial charge in [-0.1, -0.05) is 6.07 Å². The van der Waals surface area contributed by atoms with Crippen LogP contribution in [0.15, 0.2) is 24.3 Å². The monoisotopic (exact) mass is 305 g/mol. The van der Waals surface area contributed by atoms with Gasteiger partial charge in [0.05, 0.1) is 0 Å². The minimum absolute atomic E-state index is 0.0127. The molecule has 2 N–H and O–H groups in total. The molecule has 6 heteroatoms. The van der Waals surface area contributed by atoms with Gasteiger partial charge in [0.1, 0.15) is 17.4 Å². The molecule has 0 spiro atoms. The van der Waals surface area contributed by atoms with Gasteiger partial charge >= 0.3 is 6.09 Å². The SMILES string of the molecule is CC(CNC(=O)OC(C)(C)C)Nc1cccc(OCC#N)c1. The van der Waals surface area contributed by atoms with Crippen molar-refractivity contribution < 1.29 is 14.3 Å². The van der Waals surface area contributed by atoms with Gasteiger partial charge in [0, 0.05) is 24.3 Å². The third-order valence-corrected chi connectivity index (χ3v) is 2.50. The summed E-state index contributed by atoms with van der Waals surface area (Å²) in [6.07, 6.45) is -0.438. The van der Waals surface area contributed by atoms with E-state index in [-0.39, 0.29) is 12.6 Å². The highest BCUT2D eigenvalue weighted by molar-refractivity contribution is 5.67. The lowest BCUT2D eigenvalue weighted by Gasteiger charge is -2.21. The highest BCUT2D eigenvalue weighted by Gasteiger charge is 2.16. The van der Waals surface area contributed by atoms with E-state index in [2.05, 4.69) is 10.6 Å². The molecule has 0 aromatic heterocycles. The lowest BCUT2D eigenvalue weighted by Crippen LogP contribution is -2.38. The third kappa shape index (κ3) is 7.39. The zero-order chi connectivity index (χ0) is 16.6. The predicted molar refractivity (Wildman–Crippen MR) is 84.9 cm³/mol. The summed E-state index contributed by atoms with van der Waals surface area (Å²) in [5, 5.41) is 14.5. The maximum atomic E-state index is 11.6. The molecule has 0 bridgehead atoms. The third-order valence-electron chi connectivity index (χ3n) is 2.50. The van der Waals surface area contributed by atoms with Crippen LogP contribution in [0, 0.1) is 11.3 Å². The summed E-state index contributed by atoms with van der Waals surface area (Å²) in [6, 6.07) is 9.26. The van der Waals surface area contributed by atoms with Crippen molar-refractivity contribution in [3.05, 3.63) is 24.3 Å². The van der Waals surface area contributed by atoms with E-state index in [1.54, 1.807) is 12.1 Å². The average molecular weight is 305 g/mol. The Bertz CT molecular complexity index is 532. The number of benzene rings is 1. The van der Waals surface area contributed by atoms with E-state index < -0.39 is 11.7 Å². The molecule has 1 aromatic carbocycles. The zero-order valence-corrected chi connectivity index (χ0v) is 13.5. The van der Waals surface area contributed by atoms with Crippen LogP contribution in [-0.2, 0) is 4.74 Å². The summed E-state index contributed by atoms with van der Waals surface area (Å²) in [5.41, 5.74) is 0.349. The van der Waals surface area contributed by atoms with Gasteiger partial charge in [-0.3, -0.25) is 0 Å². The number of carbonyl (C=O) groups is 1. The zero-order valence-electron chi connectivity index (χ0n) is 13.5. The van der Waals surface area contributed by atoms with Gasteiger partial charge in [-0.25, -0.2) is 4.79 Å². The minimum Gasteiger partial charge on any atom is -0.479 e. The van der Waals surface area contributed by atoms with Crippen molar-refractivity contribution in [1.82, 2.24) is 5.32 Å². The van der Waals surface area contributed by atoms with E-state index in [9.17, 15) is 4.79 Å². The number of nitrogens with zero attached hydrogens (tertiary/aromatic N) is 1. The van der Waals surface area contributed by atoms with Gasteiger partial charge in [-0.15, -0.1) is 0 Å². The molecule has 6 nitrogen and oxygen atoms in total. The molecule has 0 aliphatic heterocycles. The molecule has 0 saturated carbocycles. The van der Waals surface area contributed by atoms with Crippen LogP contribution in [0.4, 0.5) is 10.5 Å². The molecule has 0 heterocycles. The summed E-state index contributed by atoms with van der Waals surface area (Å²) in [5.74, 6) is 0.624. The number of carbonyl (C=O) groups excluding carboxylic acids is 1. The van der Waals surface area contributed by atoms with Crippen molar-refractivity contribution in [3.8, 4) is 11.8 Å². The Kier molecular flexibility index (Phi) is 6.51. The van der Waals surface area contributed by atoms with Gasteiger partial charge < -0.3 is 20.1 Å². The first-order chi connectivity index (χ1) is 10.3. The van der Waals surface area contributed by atoms with Gasteiger partial charge in [0.2, 0.25) is 0 Å². The number of amides is 1. The topological polar surface area (TPSA) is 83.4 Å². The molecule has 1 rings (SSSR count). The van der Waals surface area contributed by atoms with E-state index in [4.69, 9.17) is 14.7 Å². The molecule has 1 atom stereocenters. The highest BCUT2D eigenvalue weighted by atomic mass is 16.6. The molecule has 22 heavy (non-hydrogen) atoms. The Morgan fingerprint density at radius 2 is 2.14 bits per heavy atom. The summed E-state index contributed by atoms with van der Waals surface area (Å²) in [6.45, 7) is 7.85. The standard InChI is InChI=1S/C16H23N3O3/c1-12(11-18-15(20)22-16(2,3)4)19-13-6-5-7-14(10-13)21-9-8-17/h5-7,10,12,19H,9,11H2,1-4H3,(H,18,20). The maximum Gasteiger partial charge on any atom is 0.407 e. The lowest BCUT2D eigenvalue weighted by atomic mass is 10.2. The highest BCUT2D eigenvalue weighted by Crippen LogP contribution is 2.17. The van der Waals surface area contributed by atoms with E-state index >= 15 is 0 Å². The fourth-order valence-electron chi connectivity index (χ4n) is 1.68. The number of nitriles is 1. The van der Waals surface area contributed by atoms with Crippen molar-refractivity contribution in [1.29, 1.82) is 5.26 Å². The molecular formula is C16H23N3O3. The quantitative estimate of drug-likeness (QED) is 0.844. The van der Waals surface area contributed by atoms with Crippen LogP contribution in [0.2, 0.25) is 0 Å². The molecule has 0 radical (unpaired) electrons. The smallest absolute Gasteiger partial charge is 0.407 e. The molecule has 1 aromatic rings. The molecule has 0 aliphatic carbocycles. The molecular weight excluding hydrogens is 282 g/mol. The minimum atomic E-state index is -0.507. The number of nitrogens with one attached hydrogen (secondary N) is 2. The number of hydrogen-bond acceptors (Lipinski definition) is 5. The van der Waals surface area contributed by atoms with Gasteiger partial charge in [-0.05, 0) is 39.8 Å². The van der Waals surface area contributed by atoms with Gasteiger partial charge in [0.25, 0.3) is 0 Å². The van der Waals surface area contributed by atoms with Crippen LogP contribution < -0.4 is 15.4 Å². The molecule has 120 valence electrons. The second kappa shape index (κ2) is 8.13. The fraction of sp³-hybridized carbons (Fsp3) is 0.500. The van der Waals surface area contributed by atoms with Crippen LogP contribution in [0.3, 0.4) is 0 Å². The van der Waals surface area contributed by atoms with Crippen molar-refractivity contribution in [2.75, 3.05) is 18.5 Å². The van der Waals surface area contributed by atoms with Crippen molar-refractivity contribution in [3.63, 3.8) is 0 Å². The normalized spacial score (nSPS) is 12.0. The van der Waals surface area contributed by atoms with Crippen molar-refractivity contribution >= 4 is 11.8 Å². The molecule has 0 saturated heterocycles. The first-order valence-corrected chi connectivity index (χ1v) is 7.13. The summed E-state index contributed by atoms with van der Waals surface area (Å²) in [7, 11) is 0. The first kappa shape index (κ1) is 17.6. The first-order valence-electron chi connectivity index (χ1n) is 7.13. The number of rotatable bonds is 6. The van der Waals surface area contributed by atoms with E-state index in [0.717, 1.165) is 5.69 Å². The van der Waals surface area contributed by atoms with Crippen molar-refractivity contribution in [2.45, 2.75) is 39.3 Å².